The van der Waals surface area contributed by atoms with Crippen LogP contribution in [0, 0.1) is 6.92 Å². The van der Waals surface area contributed by atoms with E-state index >= 15 is 0 Å². The molecule has 0 aliphatic rings. The zero-order valence-corrected chi connectivity index (χ0v) is 11.6. The molecule has 2 aromatic rings. The molecule has 20 heavy (non-hydrogen) atoms. The molecule has 1 amide bonds. The van der Waals surface area contributed by atoms with Gasteiger partial charge < -0.3 is 5.32 Å². The van der Waals surface area contributed by atoms with E-state index in [0.29, 0.717) is 16.8 Å². The number of carbonyl (C=O) groups excluding carboxylic acids is 1. The number of rotatable bonds is 3. The first-order valence-electron chi connectivity index (χ1n) is 5.88. The molecule has 0 radical (unpaired) electrons. The molecule has 6 heteroatoms. The minimum absolute atomic E-state index is 0.00311. The van der Waals surface area contributed by atoms with E-state index in [1.807, 2.05) is 6.07 Å². The number of nitrogens with one attached hydrogen (secondary N) is 1. The normalized spacial score (nSPS) is 11.1. The summed E-state index contributed by atoms with van der Waals surface area (Å²) in [5, 5.41) is 7.77. The van der Waals surface area contributed by atoms with E-state index in [0.717, 1.165) is 0 Å². The van der Waals surface area contributed by atoms with Gasteiger partial charge in [0.15, 0.2) is 0 Å². The van der Waals surface area contributed by atoms with E-state index < -0.39 is 10.0 Å². The second-order valence-electron chi connectivity index (χ2n) is 4.35. The van der Waals surface area contributed by atoms with Gasteiger partial charge in [-0.1, -0.05) is 24.3 Å². The highest BCUT2D eigenvalue weighted by Crippen LogP contribution is 2.19. The Morgan fingerprint density at radius 1 is 1.10 bits per heavy atom. The van der Waals surface area contributed by atoms with E-state index in [-0.39, 0.29) is 10.8 Å². The van der Waals surface area contributed by atoms with Crippen molar-refractivity contribution in [1.82, 2.24) is 0 Å². The molecule has 0 aliphatic carbocycles. The van der Waals surface area contributed by atoms with E-state index in [2.05, 4.69) is 5.32 Å². The quantitative estimate of drug-likeness (QED) is 0.904. The lowest BCUT2D eigenvalue weighted by Crippen LogP contribution is -2.16. The number of sulfonamides is 1. The molecule has 0 unspecified atom stereocenters. The zero-order chi connectivity index (χ0) is 14.8. The van der Waals surface area contributed by atoms with Crippen LogP contribution < -0.4 is 10.5 Å². The Bertz CT molecular complexity index is 740. The van der Waals surface area contributed by atoms with Crippen LogP contribution in [-0.2, 0) is 10.0 Å². The lowest BCUT2D eigenvalue weighted by atomic mass is 10.2. The summed E-state index contributed by atoms with van der Waals surface area (Å²) in [6.45, 7) is 1.64. The van der Waals surface area contributed by atoms with Crippen LogP contribution in [0.3, 0.4) is 0 Å². The number of carbonyl (C=O) groups is 1. The summed E-state index contributed by atoms with van der Waals surface area (Å²) in [5.74, 6) is -0.310. The largest absolute Gasteiger partial charge is 0.322 e. The second-order valence-corrected chi connectivity index (χ2v) is 5.88. The van der Waals surface area contributed by atoms with Crippen molar-refractivity contribution < 1.29 is 13.2 Å². The highest BCUT2D eigenvalue weighted by molar-refractivity contribution is 7.89. The fourth-order valence-corrected chi connectivity index (χ4v) is 2.59. The fourth-order valence-electron chi connectivity index (χ4n) is 1.78. The predicted molar refractivity (Wildman–Crippen MR) is 76.9 cm³/mol. The van der Waals surface area contributed by atoms with E-state index in [9.17, 15) is 13.2 Å². The van der Waals surface area contributed by atoms with Gasteiger partial charge in [0.1, 0.15) is 0 Å². The number of hydrogen-bond donors (Lipinski definition) is 2. The fraction of sp³-hybridized carbons (Fsp3) is 0.0714. The summed E-state index contributed by atoms with van der Waals surface area (Å²) in [6, 6.07) is 13.2. The molecule has 5 nitrogen and oxygen atoms in total. The van der Waals surface area contributed by atoms with Gasteiger partial charge in [0, 0.05) is 11.3 Å². The maximum atomic E-state index is 12.0. The molecule has 2 rings (SSSR count). The summed E-state index contributed by atoms with van der Waals surface area (Å²) in [7, 11) is -3.81. The van der Waals surface area contributed by atoms with E-state index in [4.69, 9.17) is 5.14 Å². The molecule has 0 saturated heterocycles. The smallest absolute Gasteiger partial charge is 0.255 e. The molecule has 0 bridgehead atoms. The standard InChI is InChI=1S/C14H14N2O3S/c1-10-7-8-12(9-13(10)20(15,18)19)16-14(17)11-5-3-2-4-6-11/h2-9H,1H3,(H,16,17)(H2,15,18,19). The minimum Gasteiger partial charge on any atom is -0.322 e. The van der Waals surface area contributed by atoms with Crippen molar-refractivity contribution >= 4 is 21.6 Å². The van der Waals surface area contributed by atoms with Gasteiger partial charge in [-0.15, -0.1) is 0 Å². The number of nitrogens with two attached hydrogens (primary N) is 1. The van der Waals surface area contributed by atoms with Gasteiger partial charge >= 0.3 is 0 Å². The number of aryl methyl sites for hydroxylation is 1. The van der Waals surface area contributed by atoms with E-state index in [1.54, 1.807) is 43.3 Å². The number of anilines is 1. The van der Waals surface area contributed by atoms with Gasteiger partial charge in [-0.3, -0.25) is 4.79 Å². The first kappa shape index (κ1) is 14.2. The van der Waals surface area contributed by atoms with Gasteiger partial charge in [-0.25, -0.2) is 13.6 Å². The SMILES string of the molecule is Cc1ccc(NC(=O)c2ccccc2)cc1S(N)(=O)=O. The Kier molecular flexibility index (Phi) is 3.87. The van der Waals surface area contributed by atoms with Crippen LogP contribution in [0.25, 0.3) is 0 Å². The average Bonchev–Trinajstić information content (AvgIpc) is 2.40. The van der Waals surface area contributed by atoms with E-state index in [1.165, 1.54) is 6.07 Å². The Labute approximate surface area is 117 Å². The third-order valence-corrected chi connectivity index (χ3v) is 3.84. The van der Waals surface area contributed by atoms with Crippen molar-refractivity contribution in [2.45, 2.75) is 11.8 Å². The molecule has 0 fully saturated rings. The number of amides is 1. The molecule has 3 N–H and O–H groups in total. The van der Waals surface area contributed by atoms with Crippen molar-refractivity contribution in [2.24, 2.45) is 5.14 Å². The lowest BCUT2D eigenvalue weighted by molar-refractivity contribution is 0.102. The van der Waals surface area contributed by atoms with Crippen LogP contribution in [0.2, 0.25) is 0 Å². The van der Waals surface area contributed by atoms with Crippen LogP contribution in [-0.4, -0.2) is 14.3 Å². The Morgan fingerprint density at radius 2 is 1.75 bits per heavy atom. The third kappa shape index (κ3) is 3.23. The summed E-state index contributed by atoms with van der Waals surface area (Å²) < 4.78 is 22.9. The number of benzene rings is 2. The van der Waals surface area contributed by atoms with Gasteiger partial charge in [-0.2, -0.15) is 0 Å². The molecule has 104 valence electrons. The van der Waals surface area contributed by atoms with Crippen molar-refractivity contribution in [3.63, 3.8) is 0 Å². The monoisotopic (exact) mass is 290 g/mol. The van der Waals surface area contributed by atoms with Gasteiger partial charge in [-0.05, 0) is 36.8 Å². The van der Waals surface area contributed by atoms with Gasteiger partial charge in [0.2, 0.25) is 10.0 Å². The summed E-state index contributed by atoms with van der Waals surface area (Å²) in [4.78, 5) is 12.0. The van der Waals surface area contributed by atoms with Crippen molar-refractivity contribution in [3.05, 3.63) is 59.7 Å². The van der Waals surface area contributed by atoms with Crippen molar-refractivity contribution in [1.29, 1.82) is 0 Å². The summed E-state index contributed by atoms with van der Waals surface area (Å²) >= 11 is 0. The van der Waals surface area contributed by atoms with Crippen LogP contribution in [0.4, 0.5) is 5.69 Å². The molecule has 0 aliphatic heterocycles. The van der Waals surface area contributed by atoms with Crippen molar-refractivity contribution in [3.8, 4) is 0 Å². The van der Waals surface area contributed by atoms with Crippen LogP contribution in [0.1, 0.15) is 15.9 Å². The molecule has 0 heterocycles. The van der Waals surface area contributed by atoms with Gasteiger partial charge in [0.25, 0.3) is 5.91 Å². The lowest BCUT2D eigenvalue weighted by Gasteiger charge is -2.09. The topological polar surface area (TPSA) is 89.3 Å². The minimum atomic E-state index is -3.81. The number of hydrogen-bond acceptors (Lipinski definition) is 3. The Hall–Kier alpha value is -2.18. The van der Waals surface area contributed by atoms with Gasteiger partial charge in [0.05, 0.1) is 4.90 Å². The highest BCUT2D eigenvalue weighted by atomic mass is 32.2. The zero-order valence-electron chi connectivity index (χ0n) is 10.8. The molecular formula is C14H14N2O3S. The first-order chi connectivity index (χ1) is 9.38. The molecular weight excluding hydrogens is 276 g/mol. The molecule has 0 saturated carbocycles. The van der Waals surface area contributed by atoms with Crippen LogP contribution in [0.15, 0.2) is 53.4 Å². The summed E-state index contributed by atoms with van der Waals surface area (Å²) in [6.07, 6.45) is 0. The Balaban J connectivity index is 2.30. The molecule has 0 atom stereocenters. The second kappa shape index (κ2) is 5.44. The maximum absolute atomic E-state index is 12.0. The van der Waals surface area contributed by atoms with Crippen molar-refractivity contribution in [2.75, 3.05) is 5.32 Å². The summed E-state index contributed by atoms with van der Waals surface area (Å²) in [5.41, 5.74) is 1.41. The van der Waals surface area contributed by atoms with Crippen LogP contribution in [0.5, 0.6) is 0 Å². The Morgan fingerprint density at radius 3 is 2.35 bits per heavy atom. The predicted octanol–water partition coefficient (Wildman–Crippen LogP) is 1.89. The third-order valence-electron chi connectivity index (χ3n) is 2.79. The van der Waals surface area contributed by atoms with Crippen LogP contribution >= 0.6 is 0 Å². The molecule has 2 aromatic carbocycles. The number of primary sulfonamides is 1. The highest BCUT2D eigenvalue weighted by Gasteiger charge is 2.13. The molecule has 0 aromatic heterocycles. The average molecular weight is 290 g/mol. The first-order valence-corrected chi connectivity index (χ1v) is 7.42. The molecule has 0 spiro atoms. The maximum Gasteiger partial charge on any atom is 0.255 e.